The lowest BCUT2D eigenvalue weighted by atomic mass is 10.2. The molecule has 0 amide bonds. The Kier molecular flexibility index (Phi) is 6.04. The van der Waals surface area contributed by atoms with Crippen LogP contribution in [0.2, 0.25) is 0 Å². The number of hydrazone groups is 1. The number of aromatic nitrogens is 1. The van der Waals surface area contributed by atoms with E-state index >= 15 is 0 Å². The third-order valence-electron chi connectivity index (χ3n) is 2.74. The number of benzene rings is 1. The number of nitrogens with one attached hydrogen (secondary N) is 1. The standard InChI is InChI=1S/C15H16FN3O3S/c1-3-22-14(20)7-12-9-23-15(18-12)19-17-8-10-6-11(16)4-5-13(10)21-2/h4-6,8-9H,3,7H2,1-2H3,(H,18,19). The zero-order chi connectivity index (χ0) is 16.7. The van der Waals surface area contributed by atoms with Gasteiger partial charge in [0.1, 0.15) is 11.6 Å². The molecule has 0 fully saturated rings. The Morgan fingerprint density at radius 1 is 1.52 bits per heavy atom. The molecule has 0 aliphatic carbocycles. The van der Waals surface area contributed by atoms with Crippen molar-refractivity contribution in [3.8, 4) is 5.75 Å². The van der Waals surface area contributed by atoms with Crippen LogP contribution in [0.4, 0.5) is 9.52 Å². The van der Waals surface area contributed by atoms with Gasteiger partial charge in [-0.1, -0.05) is 0 Å². The maximum Gasteiger partial charge on any atom is 0.311 e. The van der Waals surface area contributed by atoms with Crippen molar-refractivity contribution >= 4 is 28.7 Å². The third kappa shape index (κ3) is 5.03. The van der Waals surface area contributed by atoms with Gasteiger partial charge in [-0.05, 0) is 25.1 Å². The van der Waals surface area contributed by atoms with Crippen LogP contribution in [0.1, 0.15) is 18.2 Å². The Morgan fingerprint density at radius 3 is 3.09 bits per heavy atom. The van der Waals surface area contributed by atoms with Gasteiger partial charge in [-0.2, -0.15) is 5.10 Å². The molecule has 0 bridgehead atoms. The van der Waals surface area contributed by atoms with E-state index in [1.807, 2.05) is 0 Å². The molecule has 0 spiro atoms. The van der Waals surface area contributed by atoms with Crippen molar-refractivity contribution in [3.05, 3.63) is 40.7 Å². The molecule has 0 aliphatic heterocycles. The summed E-state index contributed by atoms with van der Waals surface area (Å²) in [4.78, 5) is 15.6. The van der Waals surface area contributed by atoms with Crippen molar-refractivity contribution in [1.82, 2.24) is 4.98 Å². The van der Waals surface area contributed by atoms with Gasteiger partial charge in [-0.3, -0.25) is 10.2 Å². The smallest absolute Gasteiger partial charge is 0.311 e. The molecule has 23 heavy (non-hydrogen) atoms. The lowest BCUT2D eigenvalue weighted by Crippen LogP contribution is -2.07. The molecular formula is C15H16FN3O3S. The Morgan fingerprint density at radius 2 is 2.35 bits per heavy atom. The maximum absolute atomic E-state index is 13.2. The van der Waals surface area contributed by atoms with E-state index in [2.05, 4.69) is 15.5 Å². The van der Waals surface area contributed by atoms with Crippen LogP contribution >= 0.6 is 11.3 Å². The SMILES string of the molecule is CCOC(=O)Cc1csc(NN=Cc2cc(F)ccc2OC)n1. The van der Waals surface area contributed by atoms with E-state index in [0.717, 1.165) is 0 Å². The summed E-state index contributed by atoms with van der Waals surface area (Å²) in [5.74, 6) is -0.186. The third-order valence-corrected chi connectivity index (χ3v) is 3.53. The second-order valence-electron chi connectivity index (χ2n) is 4.38. The van der Waals surface area contributed by atoms with Crippen molar-refractivity contribution < 1.29 is 18.7 Å². The first kappa shape index (κ1) is 16.9. The molecule has 122 valence electrons. The molecule has 1 aromatic carbocycles. The van der Waals surface area contributed by atoms with Gasteiger partial charge in [-0.15, -0.1) is 11.3 Å². The Labute approximate surface area is 137 Å². The average molecular weight is 337 g/mol. The van der Waals surface area contributed by atoms with E-state index in [9.17, 15) is 9.18 Å². The van der Waals surface area contributed by atoms with Crippen molar-refractivity contribution in [2.45, 2.75) is 13.3 Å². The summed E-state index contributed by atoms with van der Waals surface area (Å²) in [6.07, 6.45) is 1.56. The first-order chi connectivity index (χ1) is 11.1. The number of hydrogen-bond donors (Lipinski definition) is 1. The number of nitrogens with zero attached hydrogens (tertiary/aromatic N) is 2. The quantitative estimate of drug-likeness (QED) is 0.478. The van der Waals surface area contributed by atoms with Crippen LogP contribution in [0.3, 0.4) is 0 Å². The highest BCUT2D eigenvalue weighted by atomic mass is 32.1. The summed E-state index contributed by atoms with van der Waals surface area (Å²) < 4.78 is 23.2. The summed E-state index contributed by atoms with van der Waals surface area (Å²) in [5, 5.41) is 6.27. The minimum absolute atomic E-state index is 0.119. The number of thiazole rings is 1. The van der Waals surface area contributed by atoms with Gasteiger partial charge in [0.15, 0.2) is 0 Å². The normalized spacial score (nSPS) is 10.7. The lowest BCUT2D eigenvalue weighted by molar-refractivity contribution is -0.142. The second-order valence-corrected chi connectivity index (χ2v) is 5.24. The predicted molar refractivity (Wildman–Crippen MR) is 86.6 cm³/mol. The molecule has 6 nitrogen and oxygen atoms in total. The van der Waals surface area contributed by atoms with Crippen LogP contribution in [0.5, 0.6) is 5.75 Å². The number of rotatable bonds is 7. The Balaban J connectivity index is 1.97. The van der Waals surface area contributed by atoms with E-state index in [4.69, 9.17) is 9.47 Å². The Bertz CT molecular complexity index is 703. The lowest BCUT2D eigenvalue weighted by Gasteiger charge is -2.03. The molecule has 2 rings (SSSR count). The average Bonchev–Trinajstić information content (AvgIpc) is 2.95. The fourth-order valence-electron chi connectivity index (χ4n) is 1.76. The number of halogens is 1. The monoisotopic (exact) mass is 337 g/mol. The van der Waals surface area contributed by atoms with Crippen LogP contribution < -0.4 is 10.2 Å². The highest BCUT2D eigenvalue weighted by molar-refractivity contribution is 7.13. The van der Waals surface area contributed by atoms with Gasteiger partial charge < -0.3 is 9.47 Å². The minimum Gasteiger partial charge on any atom is -0.496 e. The number of methoxy groups -OCH3 is 1. The molecule has 0 atom stereocenters. The van der Waals surface area contributed by atoms with E-state index in [1.165, 1.54) is 42.9 Å². The van der Waals surface area contributed by atoms with Crippen molar-refractivity contribution in [2.75, 3.05) is 19.1 Å². The zero-order valence-electron chi connectivity index (χ0n) is 12.7. The molecule has 0 radical (unpaired) electrons. The molecule has 8 heteroatoms. The first-order valence-electron chi connectivity index (χ1n) is 6.85. The largest absolute Gasteiger partial charge is 0.496 e. The number of esters is 1. The fraction of sp³-hybridized carbons (Fsp3) is 0.267. The summed E-state index contributed by atoms with van der Waals surface area (Å²) in [6.45, 7) is 2.09. The molecule has 1 aromatic heterocycles. The number of carbonyl (C=O) groups excluding carboxylic acids is 1. The topological polar surface area (TPSA) is 72.8 Å². The summed E-state index contributed by atoms with van der Waals surface area (Å²) in [6, 6.07) is 4.15. The molecule has 1 N–H and O–H groups in total. The van der Waals surface area contributed by atoms with Crippen molar-refractivity contribution in [3.63, 3.8) is 0 Å². The van der Waals surface area contributed by atoms with E-state index in [-0.39, 0.29) is 18.2 Å². The molecule has 0 saturated carbocycles. The maximum atomic E-state index is 13.2. The minimum atomic E-state index is -0.377. The Hall–Kier alpha value is -2.48. The first-order valence-corrected chi connectivity index (χ1v) is 7.73. The number of anilines is 1. The van der Waals surface area contributed by atoms with E-state index in [1.54, 1.807) is 12.3 Å². The zero-order valence-corrected chi connectivity index (χ0v) is 13.5. The molecular weight excluding hydrogens is 321 g/mol. The highest BCUT2D eigenvalue weighted by Crippen LogP contribution is 2.18. The van der Waals surface area contributed by atoms with E-state index in [0.29, 0.717) is 28.7 Å². The van der Waals surface area contributed by atoms with Gasteiger partial charge >= 0.3 is 5.97 Å². The summed E-state index contributed by atoms with van der Waals surface area (Å²) >= 11 is 1.31. The van der Waals surface area contributed by atoms with Crippen molar-refractivity contribution in [2.24, 2.45) is 5.10 Å². The van der Waals surface area contributed by atoms with Gasteiger partial charge in [0.05, 0.1) is 32.0 Å². The highest BCUT2D eigenvalue weighted by Gasteiger charge is 2.08. The van der Waals surface area contributed by atoms with E-state index < -0.39 is 0 Å². The molecule has 1 heterocycles. The second kappa shape index (κ2) is 8.23. The molecule has 0 unspecified atom stereocenters. The summed E-state index contributed by atoms with van der Waals surface area (Å²) in [7, 11) is 1.50. The summed E-state index contributed by atoms with van der Waals surface area (Å²) in [5.41, 5.74) is 3.85. The molecule has 0 aliphatic rings. The van der Waals surface area contributed by atoms with Gasteiger partial charge in [-0.25, -0.2) is 9.37 Å². The van der Waals surface area contributed by atoms with Crippen LogP contribution in [0, 0.1) is 5.82 Å². The number of carbonyl (C=O) groups is 1. The van der Waals surface area contributed by atoms with Crippen LogP contribution in [-0.4, -0.2) is 30.9 Å². The fourth-order valence-corrected chi connectivity index (χ4v) is 2.42. The van der Waals surface area contributed by atoms with Gasteiger partial charge in [0.2, 0.25) is 5.13 Å². The molecule has 2 aromatic rings. The van der Waals surface area contributed by atoms with Crippen LogP contribution in [-0.2, 0) is 16.0 Å². The van der Waals surface area contributed by atoms with Gasteiger partial charge in [0.25, 0.3) is 0 Å². The van der Waals surface area contributed by atoms with Gasteiger partial charge in [0, 0.05) is 10.9 Å². The van der Waals surface area contributed by atoms with Crippen LogP contribution in [0.15, 0.2) is 28.7 Å². The van der Waals surface area contributed by atoms with Crippen molar-refractivity contribution in [1.29, 1.82) is 0 Å². The number of hydrogen-bond acceptors (Lipinski definition) is 7. The molecule has 0 saturated heterocycles. The number of ether oxygens (including phenoxy) is 2. The van der Waals surface area contributed by atoms with Crippen LogP contribution in [0.25, 0.3) is 0 Å². The predicted octanol–water partition coefficient (Wildman–Crippen LogP) is 2.84.